The molecule has 31 heavy (non-hydrogen) atoms. The fourth-order valence-corrected chi connectivity index (χ4v) is 4.99. The molecule has 3 heterocycles. The van der Waals surface area contributed by atoms with Crippen molar-refractivity contribution in [1.29, 1.82) is 0 Å². The van der Waals surface area contributed by atoms with Crippen LogP contribution in [0.3, 0.4) is 0 Å². The van der Waals surface area contributed by atoms with E-state index in [2.05, 4.69) is 10.1 Å². The van der Waals surface area contributed by atoms with E-state index >= 15 is 0 Å². The van der Waals surface area contributed by atoms with E-state index in [0.29, 0.717) is 19.3 Å². The summed E-state index contributed by atoms with van der Waals surface area (Å²) >= 11 is 0. The molecule has 8 heteroatoms. The number of rotatable bonds is 5. The number of aromatic nitrogens is 3. The Balaban J connectivity index is 1.62. The largest absolute Gasteiger partial charge is 0.456 e. The van der Waals surface area contributed by atoms with Crippen LogP contribution in [0.15, 0.2) is 6.07 Å². The molecule has 0 unspecified atom stereocenters. The van der Waals surface area contributed by atoms with Crippen molar-refractivity contribution in [3.63, 3.8) is 0 Å². The summed E-state index contributed by atoms with van der Waals surface area (Å²) in [5, 5.41) is 4.45. The lowest BCUT2D eigenvalue weighted by atomic mass is 9.79. The molecule has 1 aliphatic rings. The van der Waals surface area contributed by atoms with Crippen LogP contribution in [0, 0.1) is 20.8 Å². The predicted octanol–water partition coefficient (Wildman–Crippen LogP) is 2.88. The number of amides is 1. The molecule has 0 saturated carbocycles. The van der Waals surface area contributed by atoms with E-state index < -0.39 is 17.0 Å². The van der Waals surface area contributed by atoms with Crippen molar-refractivity contribution in [3.05, 3.63) is 28.7 Å². The number of hydrogen-bond acceptors (Lipinski definition) is 6. The Kier molecular flexibility index (Phi) is 5.95. The zero-order valence-electron chi connectivity index (χ0n) is 19.5. The number of Topliss-reactive ketones (excluding diaryl/α,β-unsaturated/α-hetero) is 1. The summed E-state index contributed by atoms with van der Waals surface area (Å²) in [7, 11) is 0. The predicted molar refractivity (Wildman–Crippen MR) is 116 cm³/mol. The van der Waals surface area contributed by atoms with Gasteiger partial charge in [0.05, 0.1) is 5.69 Å². The number of piperidine rings is 1. The van der Waals surface area contributed by atoms with Crippen LogP contribution in [0.25, 0.3) is 5.65 Å². The highest BCUT2D eigenvalue weighted by molar-refractivity contribution is 5.88. The van der Waals surface area contributed by atoms with Crippen molar-refractivity contribution in [2.75, 3.05) is 6.61 Å². The summed E-state index contributed by atoms with van der Waals surface area (Å²) < 4.78 is 7.09. The fourth-order valence-electron chi connectivity index (χ4n) is 4.99. The van der Waals surface area contributed by atoms with E-state index in [9.17, 15) is 14.4 Å². The van der Waals surface area contributed by atoms with Gasteiger partial charge in [0.25, 0.3) is 5.91 Å². The average Bonchev–Trinajstić information content (AvgIpc) is 2.97. The molecule has 3 rings (SSSR count). The van der Waals surface area contributed by atoms with Crippen LogP contribution in [-0.2, 0) is 25.5 Å². The first kappa shape index (κ1) is 22.9. The van der Waals surface area contributed by atoms with Gasteiger partial charge in [-0.05, 0) is 60.5 Å². The molecule has 0 aromatic carbocycles. The minimum absolute atomic E-state index is 0.139. The van der Waals surface area contributed by atoms with Crippen LogP contribution in [0.2, 0.25) is 0 Å². The molecule has 168 valence electrons. The number of carbonyl (C=O) groups is 3. The summed E-state index contributed by atoms with van der Waals surface area (Å²) in [6.07, 6.45) is 1.21. The summed E-state index contributed by atoms with van der Waals surface area (Å²) in [5.41, 5.74) is 3.20. The highest BCUT2D eigenvalue weighted by Crippen LogP contribution is 2.36. The van der Waals surface area contributed by atoms with Gasteiger partial charge in [-0.2, -0.15) is 5.10 Å². The maximum Gasteiger partial charge on any atom is 0.306 e. The Morgan fingerprint density at radius 2 is 1.71 bits per heavy atom. The minimum atomic E-state index is -0.612. The van der Waals surface area contributed by atoms with Crippen LogP contribution in [-0.4, -0.2) is 54.8 Å². The lowest BCUT2D eigenvalue weighted by molar-refractivity contribution is -0.163. The minimum Gasteiger partial charge on any atom is -0.456 e. The molecule has 0 atom stereocenters. The van der Waals surface area contributed by atoms with E-state index in [1.807, 2.05) is 54.5 Å². The van der Waals surface area contributed by atoms with E-state index in [-0.39, 0.29) is 24.7 Å². The van der Waals surface area contributed by atoms with Gasteiger partial charge in [-0.15, -0.1) is 0 Å². The second-order valence-corrected chi connectivity index (χ2v) is 9.72. The number of carbonyl (C=O) groups excluding carboxylic acids is 3. The van der Waals surface area contributed by atoms with Crippen molar-refractivity contribution >= 4 is 23.3 Å². The maximum atomic E-state index is 12.9. The van der Waals surface area contributed by atoms with Gasteiger partial charge in [-0.1, -0.05) is 0 Å². The molecule has 1 aliphatic heterocycles. The third-order valence-electron chi connectivity index (χ3n) is 5.94. The Labute approximate surface area is 183 Å². The van der Waals surface area contributed by atoms with Crippen LogP contribution >= 0.6 is 0 Å². The zero-order valence-corrected chi connectivity index (χ0v) is 19.5. The number of esters is 1. The monoisotopic (exact) mass is 428 g/mol. The van der Waals surface area contributed by atoms with Crippen molar-refractivity contribution in [1.82, 2.24) is 19.5 Å². The number of fused-ring (bicyclic) bond motifs is 1. The van der Waals surface area contributed by atoms with E-state index in [1.165, 1.54) is 0 Å². The van der Waals surface area contributed by atoms with Gasteiger partial charge < -0.3 is 9.64 Å². The van der Waals surface area contributed by atoms with Crippen LogP contribution in [0.1, 0.15) is 69.6 Å². The molecule has 0 spiro atoms. The van der Waals surface area contributed by atoms with E-state index in [4.69, 9.17) is 4.74 Å². The van der Waals surface area contributed by atoms with Gasteiger partial charge >= 0.3 is 5.97 Å². The number of hydrogen-bond donors (Lipinski definition) is 0. The van der Waals surface area contributed by atoms with Crippen LogP contribution < -0.4 is 0 Å². The quantitative estimate of drug-likeness (QED) is 0.680. The summed E-state index contributed by atoms with van der Waals surface area (Å²) in [6.45, 7) is 13.0. The standard InChI is InChI=1S/C23H32N4O4/c1-14-10-19-24-15(2)18(16(3)26(19)25-14)8-9-21(30)31-13-20(29)27-22(4,5)11-17(28)12-23(27,6)7/h10H,8-9,11-13H2,1-7H3. The number of nitrogens with zero attached hydrogens (tertiary/aromatic N) is 4. The highest BCUT2D eigenvalue weighted by Gasteiger charge is 2.47. The van der Waals surface area contributed by atoms with Gasteiger partial charge in [0, 0.05) is 47.8 Å². The van der Waals surface area contributed by atoms with Crippen molar-refractivity contribution in [3.8, 4) is 0 Å². The smallest absolute Gasteiger partial charge is 0.306 e. The molecule has 0 aliphatic carbocycles. The molecular weight excluding hydrogens is 396 g/mol. The third-order valence-corrected chi connectivity index (χ3v) is 5.94. The fraction of sp³-hybridized carbons (Fsp3) is 0.609. The Morgan fingerprint density at radius 3 is 2.32 bits per heavy atom. The second kappa shape index (κ2) is 8.05. The Bertz CT molecular complexity index is 1030. The number of ether oxygens (including phenoxy) is 1. The zero-order chi connectivity index (χ0) is 23.1. The van der Waals surface area contributed by atoms with Gasteiger partial charge in [-0.3, -0.25) is 14.4 Å². The molecule has 1 amide bonds. The van der Waals surface area contributed by atoms with Crippen LogP contribution in [0.4, 0.5) is 0 Å². The Hall–Kier alpha value is -2.77. The Morgan fingerprint density at radius 1 is 1.10 bits per heavy atom. The lowest BCUT2D eigenvalue weighted by Gasteiger charge is -2.51. The third kappa shape index (κ3) is 4.62. The SMILES string of the molecule is Cc1cc2nc(C)c(CCC(=O)OCC(=O)N3C(C)(C)CC(=O)CC3(C)C)c(C)n2n1. The van der Waals surface area contributed by atoms with Gasteiger partial charge in [0.1, 0.15) is 5.78 Å². The number of likely N-dealkylation sites (tertiary alicyclic amines) is 1. The normalized spacial score (nSPS) is 17.8. The van der Waals surface area contributed by atoms with E-state index in [0.717, 1.165) is 28.3 Å². The molecule has 1 saturated heterocycles. The van der Waals surface area contributed by atoms with Crippen molar-refractivity contribution in [2.45, 2.75) is 85.2 Å². The molecule has 2 aromatic rings. The van der Waals surface area contributed by atoms with Crippen molar-refractivity contribution in [2.24, 2.45) is 0 Å². The summed E-state index contributed by atoms with van der Waals surface area (Å²) in [5.74, 6) is -0.578. The average molecular weight is 429 g/mol. The molecule has 1 fully saturated rings. The van der Waals surface area contributed by atoms with Gasteiger partial charge in [-0.25, -0.2) is 9.50 Å². The second-order valence-electron chi connectivity index (χ2n) is 9.72. The highest BCUT2D eigenvalue weighted by atomic mass is 16.5. The van der Waals surface area contributed by atoms with Crippen LogP contribution in [0.5, 0.6) is 0 Å². The molecule has 0 bridgehead atoms. The molecule has 8 nitrogen and oxygen atoms in total. The maximum absolute atomic E-state index is 12.9. The number of aryl methyl sites for hydroxylation is 3. The molecule has 2 aromatic heterocycles. The first-order valence-electron chi connectivity index (χ1n) is 10.6. The first-order valence-corrected chi connectivity index (χ1v) is 10.6. The van der Waals surface area contributed by atoms with E-state index in [1.54, 1.807) is 9.42 Å². The lowest BCUT2D eigenvalue weighted by Crippen LogP contribution is -2.63. The molecular formula is C23H32N4O4. The van der Waals surface area contributed by atoms with Crippen molar-refractivity contribution < 1.29 is 19.1 Å². The molecule has 0 radical (unpaired) electrons. The number of ketones is 1. The first-order chi connectivity index (χ1) is 14.3. The molecule has 0 N–H and O–H groups in total. The summed E-state index contributed by atoms with van der Waals surface area (Å²) in [6, 6.07) is 1.92. The van der Waals surface area contributed by atoms with Gasteiger partial charge in [0.2, 0.25) is 0 Å². The summed E-state index contributed by atoms with van der Waals surface area (Å²) in [4.78, 5) is 43.6. The topological polar surface area (TPSA) is 93.9 Å². The van der Waals surface area contributed by atoms with Gasteiger partial charge in [0.15, 0.2) is 12.3 Å².